The summed E-state index contributed by atoms with van der Waals surface area (Å²) >= 11 is 0. The van der Waals surface area contributed by atoms with Crippen molar-refractivity contribution in [2.24, 2.45) is 11.7 Å². The molecule has 116 valence electrons. The Labute approximate surface area is 122 Å². The van der Waals surface area contributed by atoms with Crippen molar-refractivity contribution in [1.29, 1.82) is 0 Å². The van der Waals surface area contributed by atoms with Gasteiger partial charge in [0.2, 0.25) is 0 Å². The molecule has 0 aromatic carbocycles. The maximum atomic E-state index is 11.9. The summed E-state index contributed by atoms with van der Waals surface area (Å²) in [5.41, 5.74) is 5.72. The molecule has 5 nitrogen and oxygen atoms in total. The fraction of sp³-hybridized carbons (Fsp3) is 1.00. The minimum Gasteiger partial charge on any atom is -0.329 e. The second-order valence-electron chi connectivity index (χ2n) is 6.96. The molecule has 6 heteroatoms. The molecular weight excluding hydrogens is 274 g/mol. The Hall–Kier alpha value is -0.170. The van der Waals surface area contributed by atoms with Crippen LogP contribution in [0.25, 0.3) is 0 Å². The first-order valence-electron chi connectivity index (χ1n) is 7.82. The van der Waals surface area contributed by atoms with Crippen LogP contribution in [-0.4, -0.2) is 74.5 Å². The topological polar surface area (TPSA) is 66.6 Å². The highest BCUT2D eigenvalue weighted by atomic mass is 32.2. The Balaban J connectivity index is 1.75. The molecule has 20 heavy (non-hydrogen) atoms. The Morgan fingerprint density at radius 1 is 1.30 bits per heavy atom. The number of piperidine rings is 2. The van der Waals surface area contributed by atoms with Crippen molar-refractivity contribution in [3.63, 3.8) is 0 Å². The van der Waals surface area contributed by atoms with Crippen molar-refractivity contribution in [3.8, 4) is 0 Å². The van der Waals surface area contributed by atoms with Crippen LogP contribution in [0.5, 0.6) is 0 Å². The lowest BCUT2D eigenvalue weighted by atomic mass is 9.81. The fourth-order valence-electron chi connectivity index (χ4n) is 4.52. The van der Waals surface area contributed by atoms with Gasteiger partial charge >= 0.3 is 0 Å². The van der Waals surface area contributed by atoms with Crippen LogP contribution in [0, 0.1) is 5.92 Å². The number of hydrogen-bond acceptors (Lipinski definition) is 5. The molecule has 0 radical (unpaired) electrons. The Kier molecular flexibility index (Phi) is 3.86. The van der Waals surface area contributed by atoms with E-state index in [1.165, 1.54) is 19.4 Å². The summed E-state index contributed by atoms with van der Waals surface area (Å²) in [4.78, 5) is 4.91. The van der Waals surface area contributed by atoms with Gasteiger partial charge in [-0.3, -0.25) is 4.90 Å². The van der Waals surface area contributed by atoms with Gasteiger partial charge in [0, 0.05) is 31.2 Å². The fourth-order valence-corrected chi connectivity index (χ4v) is 6.62. The summed E-state index contributed by atoms with van der Waals surface area (Å²) in [5, 5.41) is 0. The maximum Gasteiger partial charge on any atom is 0.152 e. The molecule has 2 N–H and O–H groups in total. The van der Waals surface area contributed by atoms with E-state index in [-0.39, 0.29) is 11.3 Å². The lowest BCUT2D eigenvalue weighted by molar-refractivity contribution is -0.00554. The van der Waals surface area contributed by atoms with E-state index < -0.39 is 9.84 Å². The van der Waals surface area contributed by atoms with Crippen molar-refractivity contribution < 1.29 is 8.42 Å². The molecule has 3 atom stereocenters. The van der Waals surface area contributed by atoms with Crippen molar-refractivity contribution in [3.05, 3.63) is 0 Å². The van der Waals surface area contributed by atoms with Gasteiger partial charge in [-0.25, -0.2) is 8.42 Å². The molecule has 0 bridgehead atoms. The molecule has 0 aliphatic carbocycles. The largest absolute Gasteiger partial charge is 0.329 e. The second kappa shape index (κ2) is 5.23. The highest BCUT2D eigenvalue weighted by molar-refractivity contribution is 7.91. The van der Waals surface area contributed by atoms with E-state index in [1.807, 2.05) is 0 Å². The molecule has 3 unspecified atom stereocenters. The summed E-state index contributed by atoms with van der Waals surface area (Å²) in [6.07, 6.45) is 4.42. The first kappa shape index (κ1) is 14.8. The Morgan fingerprint density at radius 2 is 2.10 bits per heavy atom. The first-order valence-corrected chi connectivity index (χ1v) is 9.64. The first-order chi connectivity index (χ1) is 9.46. The monoisotopic (exact) mass is 301 g/mol. The molecular formula is C14H27N3O2S. The lowest BCUT2D eigenvalue weighted by Crippen LogP contribution is -2.62. The second-order valence-corrected chi connectivity index (χ2v) is 9.14. The summed E-state index contributed by atoms with van der Waals surface area (Å²) < 4.78 is 23.8. The van der Waals surface area contributed by atoms with Gasteiger partial charge < -0.3 is 10.6 Å². The van der Waals surface area contributed by atoms with E-state index in [4.69, 9.17) is 5.73 Å². The van der Waals surface area contributed by atoms with Crippen LogP contribution in [0.2, 0.25) is 0 Å². The predicted octanol–water partition coefficient (Wildman–Crippen LogP) is -0.0815. The molecule has 3 aliphatic heterocycles. The summed E-state index contributed by atoms with van der Waals surface area (Å²) in [6, 6.07) is 0.688. The zero-order valence-corrected chi connectivity index (χ0v) is 13.2. The molecule has 0 aromatic rings. The Morgan fingerprint density at radius 3 is 2.75 bits per heavy atom. The van der Waals surface area contributed by atoms with Crippen LogP contribution >= 0.6 is 0 Å². The van der Waals surface area contributed by atoms with Crippen molar-refractivity contribution in [2.75, 3.05) is 44.7 Å². The number of fused-ring (bicyclic) bond motifs is 1. The van der Waals surface area contributed by atoms with Crippen LogP contribution < -0.4 is 5.73 Å². The molecule has 3 heterocycles. The normalized spacial score (nSPS) is 42.5. The quantitative estimate of drug-likeness (QED) is 0.773. The van der Waals surface area contributed by atoms with E-state index in [1.54, 1.807) is 0 Å². The Bertz CT molecular complexity index is 467. The van der Waals surface area contributed by atoms with Gasteiger partial charge in [0.25, 0.3) is 0 Å². The van der Waals surface area contributed by atoms with Crippen molar-refractivity contribution >= 4 is 9.84 Å². The molecule has 3 aliphatic rings. The SMILES string of the molecule is CN1CCCC2CN(C3(CN)CCS(=O)(=O)C3)CCC21. The van der Waals surface area contributed by atoms with E-state index in [0.717, 1.165) is 25.9 Å². The predicted molar refractivity (Wildman–Crippen MR) is 80.4 cm³/mol. The van der Waals surface area contributed by atoms with Gasteiger partial charge in [-0.2, -0.15) is 0 Å². The summed E-state index contributed by atoms with van der Waals surface area (Å²) in [5.74, 6) is 1.27. The number of sulfone groups is 1. The highest BCUT2D eigenvalue weighted by Gasteiger charge is 2.48. The van der Waals surface area contributed by atoms with Gasteiger partial charge in [-0.05, 0) is 45.2 Å². The number of nitrogens with zero attached hydrogens (tertiary/aromatic N) is 2. The zero-order valence-electron chi connectivity index (χ0n) is 12.4. The van der Waals surface area contributed by atoms with E-state index in [0.29, 0.717) is 24.3 Å². The van der Waals surface area contributed by atoms with E-state index in [2.05, 4.69) is 16.8 Å². The third-order valence-electron chi connectivity index (χ3n) is 5.76. The molecule has 3 fully saturated rings. The third kappa shape index (κ3) is 2.51. The van der Waals surface area contributed by atoms with Crippen LogP contribution in [0.1, 0.15) is 25.7 Å². The highest BCUT2D eigenvalue weighted by Crippen LogP contribution is 2.36. The number of nitrogens with two attached hydrogens (primary N) is 1. The summed E-state index contributed by atoms with van der Waals surface area (Å²) in [6.45, 7) is 3.71. The number of hydrogen-bond donors (Lipinski definition) is 1. The molecule has 0 spiro atoms. The average molecular weight is 301 g/mol. The average Bonchev–Trinajstić information content (AvgIpc) is 2.76. The van der Waals surface area contributed by atoms with Crippen LogP contribution in [0.4, 0.5) is 0 Å². The molecule has 0 aromatic heterocycles. The standard InChI is InChI=1S/C14H27N3O2S/c1-16-6-2-3-12-9-17(7-4-13(12)16)14(10-15)5-8-20(18,19)11-14/h12-13H,2-11,15H2,1H3. The van der Waals surface area contributed by atoms with E-state index >= 15 is 0 Å². The van der Waals surface area contributed by atoms with Gasteiger partial charge in [-0.15, -0.1) is 0 Å². The van der Waals surface area contributed by atoms with Crippen molar-refractivity contribution in [1.82, 2.24) is 9.80 Å². The third-order valence-corrected chi connectivity index (χ3v) is 7.57. The van der Waals surface area contributed by atoms with Gasteiger partial charge in [0.1, 0.15) is 0 Å². The molecule has 3 saturated heterocycles. The molecule has 0 amide bonds. The minimum absolute atomic E-state index is 0.268. The molecule has 0 saturated carbocycles. The van der Waals surface area contributed by atoms with E-state index in [9.17, 15) is 8.42 Å². The number of rotatable bonds is 2. The lowest BCUT2D eigenvalue weighted by Gasteiger charge is -2.51. The van der Waals surface area contributed by atoms with Gasteiger partial charge in [-0.1, -0.05) is 0 Å². The van der Waals surface area contributed by atoms with Crippen LogP contribution in [-0.2, 0) is 9.84 Å². The van der Waals surface area contributed by atoms with Gasteiger partial charge in [0.15, 0.2) is 9.84 Å². The molecule has 3 rings (SSSR count). The smallest absolute Gasteiger partial charge is 0.152 e. The zero-order chi connectivity index (χ0) is 14.4. The minimum atomic E-state index is -2.89. The van der Waals surface area contributed by atoms with Crippen LogP contribution in [0.15, 0.2) is 0 Å². The van der Waals surface area contributed by atoms with Crippen LogP contribution in [0.3, 0.4) is 0 Å². The maximum absolute atomic E-state index is 11.9. The van der Waals surface area contributed by atoms with Gasteiger partial charge in [0.05, 0.1) is 11.5 Å². The van der Waals surface area contributed by atoms with Crippen molar-refractivity contribution in [2.45, 2.75) is 37.3 Å². The number of likely N-dealkylation sites (tertiary alicyclic amines) is 2. The summed E-state index contributed by atoms with van der Waals surface area (Å²) in [7, 11) is -0.660.